The van der Waals surface area contributed by atoms with Crippen molar-refractivity contribution in [3.8, 4) is 0 Å². The van der Waals surface area contributed by atoms with Gasteiger partial charge < -0.3 is 4.74 Å². The molecule has 0 aromatic carbocycles. The lowest BCUT2D eigenvalue weighted by Gasteiger charge is -2.62. The number of carbonyl (C=O) groups is 1. The standard InChI is InChI=1S/C21H32O2/c1-19-8-5-15(22)13-14(19)3-4-16-17(19)6-9-20(2)18(16)7-10-21(20)11-12-23-21/h14,16-18H,3-13H2,1-2H3/t14-,16+,17-,18-,19-,20-,21+/m0/s1. The Bertz CT molecular complexity index is 536. The highest BCUT2D eigenvalue weighted by Crippen LogP contribution is 2.70. The molecule has 0 N–H and O–H groups in total. The third-order valence-corrected chi connectivity index (χ3v) is 9.66. The Balaban J connectivity index is 1.46. The van der Waals surface area contributed by atoms with Gasteiger partial charge in [0.05, 0.1) is 12.2 Å². The Morgan fingerprint density at radius 2 is 1.74 bits per heavy atom. The third-order valence-electron chi connectivity index (χ3n) is 9.66. The van der Waals surface area contributed by atoms with Gasteiger partial charge in [-0.05, 0) is 79.4 Å². The molecule has 5 fully saturated rings. The minimum absolute atomic E-state index is 0.253. The van der Waals surface area contributed by atoms with Crippen LogP contribution in [-0.2, 0) is 9.53 Å². The predicted octanol–water partition coefficient (Wildman–Crippen LogP) is 4.76. The fourth-order valence-corrected chi connectivity index (χ4v) is 8.13. The van der Waals surface area contributed by atoms with Crippen molar-refractivity contribution in [2.75, 3.05) is 6.61 Å². The topological polar surface area (TPSA) is 26.3 Å². The van der Waals surface area contributed by atoms with E-state index in [0.29, 0.717) is 22.5 Å². The van der Waals surface area contributed by atoms with Crippen LogP contribution in [0.5, 0.6) is 0 Å². The van der Waals surface area contributed by atoms with Crippen LogP contribution in [0.15, 0.2) is 0 Å². The summed E-state index contributed by atoms with van der Waals surface area (Å²) in [4.78, 5) is 12.0. The van der Waals surface area contributed by atoms with Gasteiger partial charge in [-0.2, -0.15) is 0 Å². The van der Waals surface area contributed by atoms with Crippen LogP contribution in [0.2, 0.25) is 0 Å². The van der Waals surface area contributed by atoms with Gasteiger partial charge in [0, 0.05) is 19.3 Å². The molecule has 2 nitrogen and oxygen atoms in total. The number of ketones is 1. The molecule has 128 valence electrons. The Morgan fingerprint density at radius 3 is 2.48 bits per heavy atom. The first-order chi connectivity index (χ1) is 11.0. The molecule has 0 bridgehead atoms. The summed E-state index contributed by atoms with van der Waals surface area (Å²) in [5.74, 6) is 3.89. The van der Waals surface area contributed by atoms with Crippen LogP contribution in [0.1, 0.15) is 78.1 Å². The number of hydrogen-bond donors (Lipinski definition) is 0. The van der Waals surface area contributed by atoms with Gasteiger partial charge in [0.2, 0.25) is 0 Å². The lowest BCUT2D eigenvalue weighted by Crippen LogP contribution is -2.60. The molecule has 0 unspecified atom stereocenters. The van der Waals surface area contributed by atoms with Crippen molar-refractivity contribution in [2.24, 2.45) is 34.5 Å². The van der Waals surface area contributed by atoms with Gasteiger partial charge in [-0.3, -0.25) is 4.79 Å². The second-order valence-corrected chi connectivity index (χ2v) is 9.99. The molecule has 5 rings (SSSR count). The zero-order valence-electron chi connectivity index (χ0n) is 14.9. The minimum Gasteiger partial charge on any atom is -0.374 e. The van der Waals surface area contributed by atoms with Gasteiger partial charge in [-0.15, -0.1) is 0 Å². The van der Waals surface area contributed by atoms with Crippen LogP contribution in [0, 0.1) is 34.5 Å². The zero-order valence-corrected chi connectivity index (χ0v) is 14.9. The van der Waals surface area contributed by atoms with Crippen molar-refractivity contribution in [1.29, 1.82) is 0 Å². The molecule has 0 aromatic rings. The normalized spacial score (nSPS) is 58.3. The molecule has 0 amide bonds. The van der Waals surface area contributed by atoms with Crippen LogP contribution in [0.3, 0.4) is 0 Å². The van der Waals surface area contributed by atoms with E-state index < -0.39 is 0 Å². The molecular formula is C21H32O2. The lowest BCUT2D eigenvalue weighted by atomic mass is 9.44. The highest BCUT2D eigenvalue weighted by atomic mass is 16.5. The third kappa shape index (κ3) is 1.72. The maximum Gasteiger partial charge on any atom is 0.133 e. The molecule has 7 atom stereocenters. The number of ether oxygens (including phenoxy) is 1. The average molecular weight is 316 g/mol. The first-order valence-corrected chi connectivity index (χ1v) is 10.1. The van der Waals surface area contributed by atoms with Crippen molar-refractivity contribution in [3.63, 3.8) is 0 Å². The van der Waals surface area contributed by atoms with E-state index >= 15 is 0 Å². The van der Waals surface area contributed by atoms with Crippen LogP contribution in [-0.4, -0.2) is 18.0 Å². The number of fused-ring (bicyclic) bond motifs is 6. The molecule has 0 radical (unpaired) electrons. The molecule has 1 heterocycles. The summed E-state index contributed by atoms with van der Waals surface area (Å²) in [6.45, 7) is 6.12. The minimum atomic E-state index is 0.253. The van der Waals surface area contributed by atoms with Gasteiger partial charge >= 0.3 is 0 Å². The molecule has 4 saturated carbocycles. The predicted molar refractivity (Wildman–Crippen MR) is 90.0 cm³/mol. The maximum absolute atomic E-state index is 12.0. The van der Waals surface area contributed by atoms with Gasteiger partial charge in [-0.1, -0.05) is 13.8 Å². The molecule has 0 aromatic heterocycles. The van der Waals surface area contributed by atoms with Gasteiger partial charge in [-0.25, -0.2) is 0 Å². The summed E-state index contributed by atoms with van der Waals surface area (Å²) in [6.07, 6.45) is 12.4. The average Bonchev–Trinajstić information content (AvgIpc) is 2.81. The summed E-state index contributed by atoms with van der Waals surface area (Å²) in [5, 5.41) is 0. The molecule has 5 aliphatic rings. The number of rotatable bonds is 0. The summed E-state index contributed by atoms with van der Waals surface area (Å²) in [7, 11) is 0. The van der Waals surface area contributed by atoms with Gasteiger partial charge in [0.1, 0.15) is 5.78 Å². The van der Waals surface area contributed by atoms with Crippen LogP contribution < -0.4 is 0 Å². The van der Waals surface area contributed by atoms with E-state index in [1.54, 1.807) is 0 Å². The molecule has 23 heavy (non-hydrogen) atoms. The highest BCUT2D eigenvalue weighted by molar-refractivity contribution is 5.79. The number of hydrogen-bond acceptors (Lipinski definition) is 2. The monoisotopic (exact) mass is 316 g/mol. The summed E-state index contributed by atoms with van der Waals surface area (Å²) >= 11 is 0. The highest BCUT2D eigenvalue weighted by Gasteiger charge is 2.66. The number of Topliss-reactive ketones (excluding diaryl/α,β-unsaturated/α-hetero) is 1. The fourth-order valence-electron chi connectivity index (χ4n) is 8.13. The van der Waals surface area contributed by atoms with Gasteiger partial charge in [0.15, 0.2) is 0 Å². The second-order valence-electron chi connectivity index (χ2n) is 9.99. The Labute approximate surface area is 140 Å². The van der Waals surface area contributed by atoms with Crippen LogP contribution >= 0.6 is 0 Å². The molecule has 1 saturated heterocycles. The largest absolute Gasteiger partial charge is 0.374 e. The molecule has 1 spiro atoms. The second kappa shape index (κ2) is 4.62. The van der Waals surface area contributed by atoms with Crippen molar-refractivity contribution in [3.05, 3.63) is 0 Å². The Hall–Kier alpha value is -0.370. The molecular weight excluding hydrogens is 284 g/mol. The fraction of sp³-hybridized carbons (Fsp3) is 0.952. The lowest BCUT2D eigenvalue weighted by molar-refractivity contribution is -0.231. The van der Waals surface area contributed by atoms with Crippen molar-refractivity contribution in [1.82, 2.24) is 0 Å². The van der Waals surface area contributed by atoms with Crippen molar-refractivity contribution < 1.29 is 9.53 Å². The van der Waals surface area contributed by atoms with E-state index in [1.807, 2.05) is 0 Å². The smallest absolute Gasteiger partial charge is 0.133 e. The van der Waals surface area contributed by atoms with Crippen molar-refractivity contribution in [2.45, 2.75) is 83.7 Å². The van der Waals surface area contributed by atoms with E-state index in [4.69, 9.17) is 4.74 Å². The van der Waals surface area contributed by atoms with E-state index in [-0.39, 0.29) is 5.60 Å². The van der Waals surface area contributed by atoms with Crippen LogP contribution in [0.25, 0.3) is 0 Å². The Morgan fingerprint density at radius 1 is 0.957 bits per heavy atom. The summed E-state index contributed by atoms with van der Waals surface area (Å²) in [5.41, 5.74) is 1.15. The maximum atomic E-state index is 12.0. The van der Waals surface area contributed by atoms with Gasteiger partial charge in [0.25, 0.3) is 0 Å². The summed E-state index contributed by atoms with van der Waals surface area (Å²) in [6, 6.07) is 0. The molecule has 1 aliphatic heterocycles. The first-order valence-electron chi connectivity index (χ1n) is 10.1. The van der Waals surface area contributed by atoms with Crippen LogP contribution in [0.4, 0.5) is 0 Å². The van der Waals surface area contributed by atoms with E-state index in [2.05, 4.69) is 13.8 Å². The molecule has 2 heteroatoms. The summed E-state index contributed by atoms with van der Waals surface area (Å²) < 4.78 is 6.23. The van der Waals surface area contributed by atoms with E-state index in [0.717, 1.165) is 37.2 Å². The van der Waals surface area contributed by atoms with E-state index in [1.165, 1.54) is 51.4 Å². The Kier molecular flexibility index (Phi) is 3.00. The quantitative estimate of drug-likeness (QED) is 0.644. The SMILES string of the molecule is C[C@]12CCC(=O)C[C@@H]1CC[C@@H]1[C@@H]2CC[C@@]2(C)[C@H]1CC[C@@]21CCO1. The zero-order chi connectivity index (χ0) is 15.9. The number of carbonyl (C=O) groups excluding carboxylic acids is 1. The first kappa shape index (κ1) is 14.9. The molecule has 4 aliphatic carbocycles. The van der Waals surface area contributed by atoms with E-state index in [9.17, 15) is 4.79 Å². The van der Waals surface area contributed by atoms with Crippen molar-refractivity contribution >= 4 is 5.78 Å².